The van der Waals surface area contributed by atoms with E-state index in [2.05, 4.69) is 15.4 Å². The lowest BCUT2D eigenvalue weighted by Gasteiger charge is -2.37. The molecule has 0 saturated heterocycles. The zero-order valence-corrected chi connectivity index (χ0v) is 37.1. The topological polar surface area (TPSA) is 165 Å². The monoisotopic (exact) mass is 1190 g/mol. The number of sulfonamides is 1. The van der Waals surface area contributed by atoms with Gasteiger partial charge in [0.1, 0.15) is 0 Å². The van der Waals surface area contributed by atoms with Crippen molar-refractivity contribution in [2.45, 2.75) is 111 Å². The first-order valence-corrected chi connectivity index (χ1v) is 22.4. The number of halogens is 29. The van der Waals surface area contributed by atoms with Crippen LogP contribution in [0.1, 0.15) is 38.5 Å². The fraction of sp³-hybridized carbons (Fsp3) is 1.00. The van der Waals surface area contributed by atoms with E-state index in [0.717, 1.165) is 0 Å². The van der Waals surface area contributed by atoms with Crippen LogP contribution in [0.5, 0.6) is 0 Å². The average Bonchev–Trinajstić information content (AvgIpc) is 3.12. The van der Waals surface area contributed by atoms with E-state index in [4.69, 9.17) is 20.7 Å². The molecule has 432 valence electrons. The van der Waals surface area contributed by atoms with Gasteiger partial charge in [0.25, 0.3) is 22.7 Å². The summed E-state index contributed by atoms with van der Waals surface area (Å²) in [4.78, 5) is 0. The lowest BCUT2D eigenvalue weighted by Crippen LogP contribution is -2.57. The maximum Gasteiger partial charge on any atom is 0.431 e. The van der Waals surface area contributed by atoms with Crippen molar-refractivity contribution in [3.63, 3.8) is 0 Å². The van der Waals surface area contributed by atoms with E-state index in [0.29, 0.717) is 19.8 Å². The molecular formula is C30H39ClF28N2O8S2. The first-order valence-electron chi connectivity index (χ1n) is 18.3. The number of aliphatic hydroxyl groups excluding tert-OH is 2. The first kappa shape index (κ1) is 73.2. The summed E-state index contributed by atoms with van der Waals surface area (Å²) in [6, 6.07) is 0. The van der Waals surface area contributed by atoms with Crippen molar-refractivity contribution in [2.24, 2.45) is 17.6 Å². The molecule has 0 aromatic rings. The standard InChI is InChI=1S/C15H19F14NO4S.C11H9ClF14O2S.C4H11NO2/c16-10(12(18,19)20,13(21,22)23)7-9(8-11(17,14(24,25)26)15(27,28)29)1-6-35(32,33)30-2-4-34-5-3-31;12-29(27,28)2-1-5(3-6(13,8(15,16)17)9(18,19)20)4-7(14,10(21,22)23)11(24,25)26;5-1-3-7-4-2-6/h9,30-31H,1-8H2;5H,1-4H2;6H,1-5H2. The SMILES string of the molecule is NCCOCCO.O=S(=O)(CCC(CC(F)(C(F)(F)F)C(F)(F)F)CC(F)(C(F)(F)F)C(F)(F)F)NCCOCCO.O=S(=O)(Cl)CCC(CC(F)(C(F)(F)F)C(F)(F)F)CC(F)(C(F)(F)F)C(F)(F)F. The van der Waals surface area contributed by atoms with Crippen LogP contribution >= 0.6 is 10.7 Å². The summed E-state index contributed by atoms with van der Waals surface area (Å²) in [6.07, 6.45) is -71.5. The fourth-order valence-corrected chi connectivity index (χ4v) is 7.16. The van der Waals surface area contributed by atoms with Crippen LogP contribution < -0.4 is 10.5 Å². The van der Waals surface area contributed by atoms with E-state index in [9.17, 15) is 140 Å². The van der Waals surface area contributed by atoms with Gasteiger partial charge in [-0.25, -0.2) is 39.1 Å². The normalized spacial score (nSPS) is 14.9. The van der Waals surface area contributed by atoms with Crippen LogP contribution in [0.25, 0.3) is 0 Å². The van der Waals surface area contributed by atoms with E-state index in [-0.39, 0.29) is 13.2 Å². The van der Waals surface area contributed by atoms with Crippen molar-refractivity contribution < 1.29 is 159 Å². The number of nitrogens with one attached hydrogen (secondary N) is 1. The van der Waals surface area contributed by atoms with Gasteiger partial charge in [0.2, 0.25) is 19.1 Å². The van der Waals surface area contributed by atoms with Crippen molar-refractivity contribution in [1.29, 1.82) is 0 Å². The van der Waals surface area contributed by atoms with Crippen molar-refractivity contribution >= 4 is 29.8 Å². The number of aliphatic hydroxyl groups is 2. The number of rotatable bonds is 24. The van der Waals surface area contributed by atoms with Gasteiger partial charge in [-0.1, -0.05) is 0 Å². The highest BCUT2D eigenvalue weighted by molar-refractivity contribution is 8.13. The van der Waals surface area contributed by atoms with E-state index < -0.39 is 173 Å². The zero-order valence-electron chi connectivity index (χ0n) is 34.7. The predicted octanol–water partition coefficient (Wildman–Crippen LogP) is 9.33. The second-order valence-corrected chi connectivity index (χ2v) is 19.1. The van der Waals surface area contributed by atoms with Gasteiger partial charge in [-0.15, -0.1) is 0 Å². The Balaban J connectivity index is -0.00000116. The van der Waals surface area contributed by atoms with Crippen LogP contribution in [0.2, 0.25) is 0 Å². The largest absolute Gasteiger partial charge is 0.431 e. The van der Waals surface area contributed by atoms with Gasteiger partial charge in [0.15, 0.2) is 0 Å². The summed E-state index contributed by atoms with van der Waals surface area (Å²) in [5.41, 5.74) is -20.4. The Kier molecular flexibility index (Phi) is 27.5. The number of hydrogen-bond donors (Lipinski definition) is 4. The highest BCUT2D eigenvalue weighted by Gasteiger charge is 2.77. The Labute approximate surface area is 386 Å². The summed E-state index contributed by atoms with van der Waals surface area (Å²) in [5.74, 6) is -10.1. The van der Waals surface area contributed by atoms with Crippen molar-refractivity contribution in [1.82, 2.24) is 4.72 Å². The number of ether oxygens (including phenoxy) is 2. The van der Waals surface area contributed by atoms with E-state index in [1.807, 2.05) is 0 Å². The number of hydrogen-bond acceptors (Lipinski definition) is 9. The smallest absolute Gasteiger partial charge is 0.394 e. The molecule has 0 aliphatic rings. The molecule has 0 saturated carbocycles. The molecule has 0 aromatic heterocycles. The Bertz CT molecular complexity index is 1630. The molecule has 0 aliphatic carbocycles. The minimum absolute atomic E-state index is 0.0833. The van der Waals surface area contributed by atoms with Gasteiger partial charge in [0.05, 0.1) is 51.1 Å². The minimum atomic E-state index is -6.90. The molecule has 0 fully saturated rings. The van der Waals surface area contributed by atoms with Crippen LogP contribution in [0.4, 0.5) is 123 Å². The summed E-state index contributed by atoms with van der Waals surface area (Å²) in [6.45, 7) is -0.318. The highest BCUT2D eigenvalue weighted by atomic mass is 35.7. The molecule has 0 aromatic carbocycles. The van der Waals surface area contributed by atoms with Gasteiger partial charge < -0.3 is 25.4 Å². The summed E-state index contributed by atoms with van der Waals surface area (Å²) < 4.78 is 416. The maximum atomic E-state index is 14.0. The molecule has 0 radical (unpaired) electrons. The second kappa shape index (κ2) is 26.7. The average molecular weight is 1190 g/mol. The number of nitrogens with two attached hydrogens (primary N) is 1. The summed E-state index contributed by atoms with van der Waals surface area (Å²) in [7, 11) is -5.07. The zero-order chi connectivity index (χ0) is 57.6. The van der Waals surface area contributed by atoms with Crippen molar-refractivity contribution in [3.8, 4) is 0 Å². The van der Waals surface area contributed by atoms with Crippen LogP contribution in [0.3, 0.4) is 0 Å². The molecule has 0 bridgehead atoms. The second-order valence-electron chi connectivity index (χ2n) is 14.2. The van der Waals surface area contributed by atoms with Gasteiger partial charge in [-0.3, -0.25) is 0 Å². The molecule has 0 atom stereocenters. The van der Waals surface area contributed by atoms with E-state index in [1.165, 1.54) is 0 Å². The van der Waals surface area contributed by atoms with Crippen LogP contribution in [-0.4, -0.2) is 163 Å². The molecule has 71 heavy (non-hydrogen) atoms. The maximum absolute atomic E-state index is 14.0. The summed E-state index contributed by atoms with van der Waals surface area (Å²) >= 11 is 0. The Morgan fingerprint density at radius 3 is 0.873 bits per heavy atom. The van der Waals surface area contributed by atoms with Crippen LogP contribution in [-0.2, 0) is 28.5 Å². The highest BCUT2D eigenvalue weighted by Crippen LogP contribution is 2.57. The fourth-order valence-electron chi connectivity index (χ4n) is 5.10. The third kappa shape index (κ3) is 22.8. The lowest BCUT2D eigenvalue weighted by atomic mass is 9.81. The van der Waals surface area contributed by atoms with E-state index in [1.54, 1.807) is 4.72 Å². The van der Waals surface area contributed by atoms with E-state index >= 15 is 0 Å². The lowest BCUT2D eigenvalue weighted by molar-refractivity contribution is -0.358. The Hall–Kier alpha value is -2.01. The summed E-state index contributed by atoms with van der Waals surface area (Å²) in [5, 5.41) is 16.6. The third-order valence-electron chi connectivity index (χ3n) is 8.74. The molecule has 5 N–H and O–H groups in total. The predicted molar refractivity (Wildman–Crippen MR) is 185 cm³/mol. The molecule has 0 aliphatic heterocycles. The first-order chi connectivity index (χ1) is 31.0. The van der Waals surface area contributed by atoms with Crippen molar-refractivity contribution in [2.75, 3.05) is 64.2 Å². The molecule has 0 amide bonds. The van der Waals surface area contributed by atoms with Crippen LogP contribution in [0.15, 0.2) is 0 Å². The van der Waals surface area contributed by atoms with Crippen molar-refractivity contribution in [3.05, 3.63) is 0 Å². The van der Waals surface area contributed by atoms with Gasteiger partial charge in [0, 0.05) is 49.5 Å². The third-order valence-corrected chi connectivity index (χ3v) is 11.3. The number of alkyl halides is 28. The van der Waals surface area contributed by atoms with Gasteiger partial charge >= 0.3 is 49.4 Å². The minimum Gasteiger partial charge on any atom is -0.394 e. The van der Waals surface area contributed by atoms with Gasteiger partial charge in [-0.05, 0) is 24.7 Å². The Morgan fingerprint density at radius 1 is 0.423 bits per heavy atom. The van der Waals surface area contributed by atoms with Gasteiger partial charge in [-0.2, -0.15) is 105 Å². The molecule has 41 heteroatoms. The van der Waals surface area contributed by atoms with Crippen LogP contribution in [0, 0.1) is 11.8 Å². The molecule has 0 spiro atoms. The molecule has 10 nitrogen and oxygen atoms in total. The molecule has 0 rings (SSSR count). The molecule has 0 heterocycles. The Morgan fingerprint density at radius 2 is 0.662 bits per heavy atom. The molecular weight excluding hydrogens is 1150 g/mol. The molecule has 0 unspecified atom stereocenters. The quantitative estimate of drug-likeness (QED) is 0.0419.